The number of halogens is 3. The van der Waals surface area contributed by atoms with Gasteiger partial charge in [-0.1, -0.05) is 0 Å². The van der Waals surface area contributed by atoms with Gasteiger partial charge in [-0.05, 0) is 75.2 Å². The summed E-state index contributed by atoms with van der Waals surface area (Å²) in [5.74, 6) is -0.188. The van der Waals surface area contributed by atoms with E-state index in [0.29, 0.717) is 25.1 Å². The molecule has 4 nitrogen and oxygen atoms in total. The van der Waals surface area contributed by atoms with Gasteiger partial charge in [0.15, 0.2) is 0 Å². The SMILES string of the molecule is CCOC(=O)C1(C)CN(c2cc(C)cc(-n3cc(C)c4cc(C(F)(F)F)ccc43)c2)C1. The molecule has 0 N–H and O–H groups in total. The van der Waals surface area contributed by atoms with Crippen LogP contribution in [0.2, 0.25) is 0 Å². The largest absolute Gasteiger partial charge is 0.465 e. The van der Waals surface area contributed by atoms with Crippen LogP contribution in [0.15, 0.2) is 42.6 Å². The molecule has 3 aromatic rings. The summed E-state index contributed by atoms with van der Waals surface area (Å²) in [5.41, 5.74) is 3.21. The molecule has 164 valence electrons. The Labute approximate surface area is 179 Å². The minimum absolute atomic E-state index is 0.188. The smallest absolute Gasteiger partial charge is 0.416 e. The van der Waals surface area contributed by atoms with Crippen molar-refractivity contribution in [3.63, 3.8) is 0 Å². The standard InChI is InChI=1S/C24H25F3N2O2/c1-5-31-22(30)23(4)13-28(14-23)18-8-15(2)9-19(11-18)29-12-16(3)20-10-17(24(25,26)27)6-7-21(20)29/h6-12H,5,13-14H2,1-4H3. The third-order valence-corrected chi connectivity index (χ3v) is 5.87. The average Bonchev–Trinajstić information content (AvgIpc) is 3.00. The lowest BCUT2D eigenvalue weighted by Gasteiger charge is -2.47. The summed E-state index contributed by atoms with van der Waals surface area (Å²) in [7, 11) is 0. The van der Waals surface area contributed by atoms with Crippen molar-refractivity contribution in [1.29, 1.82) is 0 Å². The number of carbonyl (C=O) groups excluding carboxylic acids is 1. The zero-order valence-corrected chi connectivity index (χ0v) is 18.0. The van der Waals surface area contributed by atoms with Crippen LogP contribution in [-0.2, 0) is 15.7 Å². The fourth-order valence-corrected chi connectivity index (χ4v) is 4.26. The fraction of sp³-hybridized carbons (Fsp3) is 0.375. The van der Waals surface area contributed by atoms with Gasteiger partial charge in [-0.25, -0.2) is 0 Å². The van der Waals surface area contributed by atoms with E-state index in [0.717, 1.165) is 34.1 Å². The quantitative estimate of drug-likeness (QED) is 0.501. The molecule has 2 aromatic carbocycles. The number of nitrogens with zero attached hydrogens (tertiary/aromatic N) is 2. The molecule has 0 radical (unpaired) electrons. The fourth-order valence-electron chi connectivity index (χ4n) is 4.26. The number of hydrogen-bond donors (Lipinski definition) is 0. The first-order valence-electron chi connectivity index (χ1n) is 10.2. The summed E-state index contributed by atoms with van der Waals surface area (Å²) < 4.78 is 46.5. The lowest BCUT2D eigenvalue weighted by molar-refractivity contribution is -0.155. The lowest BCUT2D eigenvalue weighted by Crippen LogP contribution is -2.59. The highest BCUT2D eigenvalue weighted by Gasteiger charge is 2.46. The van der Waals surface area contributed by atoms with Crippen LogP contribution in [0, 0.1) is 19.3 Å². The van der Waals surface area contributed by atoms with Gasteiger partial charge in [0.1, 0.15) is 0 Å². The van der Waals surface area contributed by atoms with Crippen LogP contribution >= 0.6 is 0 Å². The van der Waals surface area contributed by atoms with Crippen molar-refractivity contribution in [2.75, 3.05) is 24.6 Å². The Morgan fingerprint density at radius 2 is 1.77 bits per heavy atom. The maximum atomic E-state index is 13.1. The molecular weight excluding hydrogens is 405 g/mol. The summed E-state index contributed by atoms with van der Waals surface area (Å²) >= 11 is 0. The van der Waals surface area contributed by atoms with Crippen LogP contribution in [0.25, 0.3) is 16.6 Å². The van der Waals surface area contributed by atoms with E-state index in [1.54, 1.807) is 6.92 Å². The van der Waals surface area contributed by atoms with Crippen molar-refractivity contribution in [3.05, 3.63) is 59.3 Å². The minimum Gasteiger partial charge on any atom is -0.465 e. The predicted octanol–water partition coefficient (Wildman–Crippen LogP) is 5.66. The third-order valence-electron chi connectivity index (χ3n) is 5.87. The zero-order valence-electron chi connectivity index (χ0n) is 18.0. The van der Waals surface area contributed by atoms with Crippen molar-refractivity contribution >= 4 is 22.6 Å². The second-order valence-electron chi connectivity index (χ2n) is 8.58. The highest BCUT2D eigenvalue weighted by molar-refractivity contribution is 5.86. The first kappa shape index (κ1) is 21.3. The number of alkyl halides is 3. The summed E-state index contributed by atoms with van der Waals surface area (Å²) in [4.78, 5) is 14.3. The van der Waals surface area contributed by atoms with Crippen LogP contribution in [0.4, 0.5) is 18.9 Å². The second kappa shape index (κ2) is 7.32. The van der Waals surface area contributed by atoms with E-state index in [1.165, 1.54) is 12.1 Å². The maximum absolute atomic E-state index is 13.1. The maximum Gasteiger partial charge on any atom is 0.416 e. The molecule has 0 bridgehead atoms. The summed E-state index contributed by atoms with van der Waals surface area (Å²) in [5, 5.41) is 0.580. The Hall–Kier alpha value is -2.96. The average molecular weight is 430 g/mol. The van der Waals surface area contributed by atoms with Crippen LogP contribution in [0.5, 0.6) is 0 Å². The van der Waals surface area contributed by atoms with Gasteiger partial charge in [0.05, 0.1) is 23.1 Å². The van der Waals surface area contributed by atoms with Crippen LogP contribution in [-0.4, -0.2) is 30.2 Å². The highest BCUT2D eigenvalue weighted by Crippen LogP contribution is 2.38. The van der Waals surface area contributed by atoms with E-state index < -0.39 is 17.2 Å². The number of hydrogen-bond acceptors (Lipinski definition) is 3. The summed E-state index contributed by atoms with van der Waals surface area (Å²) in [6.07, 6.45) is -2.51. The molecule has 0 spiro atoms. The number of carbonyl (C=O) groups is 1. The van der Waals surface area contributed by atoms with Gasteiger partial charge in [0.25, 0.3) is 0 Å². The first-order valence-corrected chi connectivity index (χ1v) is 10.2. The molecule has 1 aliphatic rings. The number of esters is 1. The van der Waals surface area contributed by atoms with Gasteiger partial charge >= 0.3 is 12.1 Å². The number of anilines is 1. The molecule has 1 aliphatic heterocycles. The Morgan fingerprint density at radius 3 is 2.42 bits per heavy atom. The number of benzene rings is 2. The number of rotatable bonds is 4. The second-order valence-corrected chi connectivity index (χ2v) is 8.58. The number of ether oxygens (including phenoxy) is 1. The van der Waals surface area contributed by atoms with E-state index in [1.807, 2.05) is 43.7 Å². The number of fused-ring (bicyclic) bond motifs is 1. The third kappa shape index (κ3) is 3.77. The van der Waals surface area contributed by atoms with E-state index in [4.69, 9.17) is 4.74 Å². The summed E-state index contributed by atoms with van der Waals surface area (Å²) in [6, 6.07) is 9.91. The number of aryl methyl sites for hydroxylation is 2. The van der Waals surface area contributed by atoms with Gasteiger partial charge in [-0.2, -0.15) is 13.2 Å². The first-order chi connectivity index (χ1) is 14.5. The van der Waals surface area contributed by atoms with E-state index in [-0.39, 0.29) is 5.97 Å². The monoisotopic (exact) mass is 430 g/mol. The summed E-state index contributed by atoms with van der Waals surface area (Å²) in [6.45, 7) is 8.99. The number of aromatic nitrogens is 1. The van der Waals surface area contributed by atoms with Gasteiger partial charge in [-0.3, -0.25) is 4.79 Å². The molecule has 0 saturated carbocycles. The van der Waals surface area contributed by atoms with Crippen LogP contribution in [0.3, 0.4) is 0 Å². The van der Waals surface area contributed by atoms with Gasteiger partial charge in [0.2, 0.25) is 0 Å². The van der Waals surface area contributed by atoms with Gasteiger partial charge in [-0.15, -0.1) is 0 Å². The van der Waals surface area contributed by atoms with Crippen molar-refractivity contribution < 1.29 is 22.7 Å². The van der Waals surface area contributed by atoms with Crippen molar-refractivity contribution in [2.24, 2.45) is 5.41 Å². The van der Waals surface area contributed by atoms with E-state index in [9.17, 15) is 18.0 Å². The Balaban J connectivity index is 1.68. The Morgan fingerprint density at radius 1 is 1.10 bits per heavy atom. The van der Waals surface area contributed by atoms with Gasteiger partial charge in [0, 0.05) is 36.0 Å². The molecule has 31 heavy (non-hydrogen) atoms. The minimum atomic E-state index is -4.37. The van der Waals surface area contributed by atoms with Crippen LogP contribution < -0.4 is 4.90 Å². The van der Waals surface area contributed by atoms with Crippen molar-refractivity contribution in [3.8, 4) is 5.69 Å². The molecule has 2 heterocycles. The van der Waals surface area contributed by atoms with E-state index in [2.05, 4.69) is 11.0 Å². The highest BCUT2D eigenvalue weighted by atomic mass is 19.4. The van der Waals surface area contributed by atoms with E-state index >= 15 is 0 Å². The molecule has 1 aromatic heterocycles. The molecule has 0 aliphatic carbocycles. The Bertz CT molecular complexity index is 1160. The lowest BCUT2D eigenvalue weighted by atomic mass is 9.81. The molecule has 0 amide bonds. The Kier molecular flexibility index (Phi) is 5.03. The molecular formula is C24H25F3N2O2. The topological polar surface area (TPSA) is 34.5 Å². The molecule has 1 fully saturated rings. The van der Waals surface area contributed by atoms with Crippen molar-refractivity contribution in [2.45, 2.75) is 33.9 Å². The van der Waals surface area contributed by atoms with Gasteiger partial charge < -0.3 is 14.2 Å². The van der Waals surface area contributed by atoms with Crippen molar-refractivity contribution in [1.82, 2.24) is 4.57 Å². The zero-order chi connectivity index (χ0) is 22.6. The molecule has 4 rings (SSSR count). The molecule has 1 saturated heterocycles. The molecule has 7 heteroatoms. The predicted molar refractivity (Wildman–Crippen MR) is 115 cm³/mol. The van der Waals surface area contributed by atoms with Crippen LogP contribution in [0.1, 0.15) is 30.5 Å². The normalized spacial score (nSPS) is 15.8. The molecule has 0 unspecified atom stereocenters. The molecule has 0 atom stereocenters.